The van der Waals surface area contributed by atoms with Gasteiger partial charge in [-0.1, -0.05) is 41.9 Å². The molecule has 0 unspecified atom stereocenters. The number of fused-ring (bicyclic) bond motifs is 1. The third-order valence-electron chi connectivity index (χ3n) is 5.21. The third-order valence-corrected chi connectivity index (χ3v) is 6.60. The molecular formula is C24H23ClN2O4S. The minimum Gasteiger partial charge on any atom is -0.484 e. The molecule has 6 nitrogen and oxygen atoms in total. The summed E-state index contributed by atoms with van der Waals surface area (Å²) in [5, 5.41) is 3.94. The van der Waals surface area contributed by atoms with Crippen LogP contribution in [0, 0.1) is 0 Å². The van der Waals surface area contributed by atoms with Gasteiger partial charge in [-0.3, -0.25) is 9.69 Å². The first-order valence-electron chi connectivity index (χ1n) is 10.2. The normalized spacial score (nSPS) is 13.3. The Bertz CT molecular complexity index is 1100. The fourth-order valence-electron chi connectivity index (χ4n) is 3.68. The molecule has 1 N–H and O–H groups in total. The number of ether oxygens (including phenoxy) is 2. The topological polar surface area (TPSA) is 67.9 Å². The van der Waals surface area contributed by atoms with Crippen LogP contribution in [0.4, 0.5) is 5.00 Å². The predicted molar refractivity (Wildman–Crippen MR) is 125 cm³/mol. The van der Waals surface area contributed by atoms with E-state index in [0.29, 0.717) is 21.3 Å². The molecule has 0 radical (unpaired) electrons. The molecule has 32 heavy (non-hydrogen) atoms. The smallest absolute Gasteiger partial charge is 0.341 e. The molecule has 1 aromatic heterocycles. The average molecular weight is 471 g/mol. The van der Waals surface area contributed by atoms with Crippen LogP contribution in [0.5, 0.6) is 5.75 Å². The van der Waals surface area contributed by atoms with Crippen LogP contribution in [0.2, 0.25) is 5.02 Å². The van der Waals surface area contributed by atoms with Gasteiger partial charge in [0.1, 0.15) is 10.8 Å². The SMILES string of the molecule is COC(=O)c1c(NC(=O)COc2ccc(Cl)cc2)sc2c1CCN(Cc1ccccc1)C2. The van der Waals surface area contributed by atoms with Crippen LogP contribution in [-0.2, 0) is 29.0 Å². The summed E-state index contributed by atoms with van der Waals surface area (Å²) in [7, 11) is 1.35. The summed E-state index contributed by atoms with van der Waals surface area (Å²) in [4.78, 5) is 28.4. The molecule has 0 spiro atoms. The molecule has 1 aliphatic rings. The van der Waals surface area contributed by atoms with E-state index in [1.807, 2.05) is 18.2 Å². The molecule has 0 saturated carbocycles. The molecule has 2 heterocycles. The maximum Gasteiger partial charge on any atom is 0.341 e. The number of hydrogen-bond acceptors (Lipinski definition) is 6. The predicted octanol–water partition coefficient (Wildman–Crippen LogP) is 4.76. The molecule has 4 rings (SSSR count). The zero-order valence-electron chi connectivity index (χ0n) is 17.6. The van der Waals surface area contributed by atoms with Crippen LogP contribution in [0.1, 0.15) is 26.4 Å². The maximum absolute atomic E-state index is 12.5. The number of hydrogen-bond donors (Lipinski definition) is 1. The number of rotatable bonds is 7. The summed E-state index contributed by atoms with van der Waals surface area (Å²) in [5.74, 6) is -0.238. The number of nitrogens with zero attached hydrogens (tertiary/aromatic N) is 1. The van der Waals surface area contributed by atoms with Crippen molar-refractivity contribution in [3.8, 4) is 5.75 Å². The quantitative estimate of drug-likeness (QED) is 0.504. The van der Waals surface area contributed by atoms with Crippen molar-refractivity contribution in [2.24, 2.45) is 0 Å². The van der Waals surface area contributed by atoms with E-state index in [1.54, 1.807) is 24.3 Å². The average Bonchev–Trinajstić information content (AvgIpc) is 3.15. The van der Waals surface area contributed by atoms with Gasteiger partial charge < -0.3 is 14.8 Å². The van der Waals surface area contributed by atoms with Crippen molar-refractivity contribution >= 4 is 39.8 Å². The highest BCUT2D eigenvalue weighted by atomic mass is 35.5. The van der Waals surface area contributed by atoms with Gasteiger partial charge in [0.2, 0.25) is 0 Å². The van der Waals surface area contributed by atoms with E-state index in [9.17, 15) is 9.59 Å². The Morgan fingerprint density at radius 2 is 1.88 bits per heavy atom. The van der Waals surface area contributed by atoms with Crippen LogP contribution in [0.15, 0.2) is 54.6 Å². The number of halogens is 1. The highest BCUT2D eigenvalue weighted by Crippen LogP contribution is 2.38. The van der Waals surface area contributed by atoms with E-state index in [-0.39, 0.29) is 12.5 Å². The summed E-state index contributed by atoms with van der Waals surface area (Å²) >= 11 is 7.29. The fraction of sp³-hybridized carbons (Fsp3) is 0.250. The van der Waals surface area contributed by atoms with Crippen molar-refractivity contribution in [3.63, 3.8) is 0 Å². The van der Waals surface area contributed by atoms with Crippen LogP contribution >= 0.6 is 22.9 Å². The Balaban J connectivity index is 1.46. The van der Waals surface area contributed by atoms with Gasteiger partial charge in [0, 0.05) is 29.5 Å². The van der Waals surface area contributed by atoms with Gasteiger partial charge in [-0.25, -0.2) is 4.79 Å². The molecule has 1 aliphatic heterocycles. The first-order valence-corrected chi connectivity index (χ1v) is 11.4. The Labute approximate surface area is 195 Å². The van der Waals surface area contributed by atoms with Crippen molar-refractivity contribution in [1.82, 2.24) is 4.90 Å². The lowest BCUT2D eigenvalue weighted by Gasteiger charge is -2.27. The lowest BCUT2D eigenvalue weighted by Crippen LogP contribution is -2.29. The first-order chi connectivity index (χ1) is 15.5. The van der Waals surface area contributed by atoms with Crippen LogP contribution in [0.3, 0.4) is 0 Å². The van der Waals surface area contributed by atoms with E-state index in [2.05, 4.69) is 22.3 Å². The number of carbonyl (C=O) groups is 2. The zero-order chi connectivity index (χ0) is 22.5. The molecular weight excluding hydrogens is 448 g/mol. The van der Waals surface area contributed by atoms with Crippen molar-refractivity contribution < 1.29 is 19.1 Å². The molecule has 1 amide bonds. The van der Waals surface area contributed by atoms with Crippen molar-refractivity contribution in [1.29, 1.82) is 0 Å². The van der Waals surface area contributed by atoms with Crippen LogP contribution in [0.25, 0.3) is 0 Å². The molecule has 0 aliphatic carbocycles. The number of esters is 1. The Morgan fingerprint density at radius 3 is 2.59 bits per heavy atom. The molecule has 166 valence electrons. The van der Waals surface area contributed by atoms with E-state index in [0.717, 1.165) is 36.5 Å². The van der Waals surface area contributed by atoms with Gasteiger partial charge in [0.05, 0.1) is 12.7 Å². The Morgan fingerprint density at radius 1 is 1.12 bits per heavy atom. The highest BCUT2D eigenvalue weighted by molar-refractivity contribution is 7.17. The van der Waals surface area contributed by atoms with E-state index >= 15 is 0 Å². The van der Waals surface area contributed by atoms with Crippen LogP contribution < -0.4 is 10.1 Å². The van der Waals surface area contributed by atoms with Gasteiger partial charge >= 0.3 is 5.97 Å². The number of methoxy groups -OCH3 is 1. The molecule has 2 aromatic carbocycles. The standard InChI is InChI=1S/C24H23ClN2O4S/c1-30-24(29)22-19-11-12-27(13-16-5-3-2-4-6-16)14-20(19)32-23(22)26-21(28)15-31-18-9-7-17(25)8-10-18/h2-10H,11-15H2,1H3,(H,26,28). The molecule has 0 bridgehead atoms. The van der Waals surface area contributed by atoms with Gasteiger partial charge in [0.15, 0.2) is 6.61 Å². The van der Waals surface area contributed by atoms with Crippen molar-refractivity contribution in [3.05, 3.63) is 81.2 Å². The van der Waals surface area contributed by atoms with Gasteiger partial charge in [0.25, 0.3) is 5.91 Å². The van der Waals surface area contributed by atoms with Gasteiger partial charge in [-0.05, 0) is 41.8 Å². The number of anilines is 1. The number of nitrogens with one attached hydrogen (secondary N) is 1. The second-order valence-corrected chi connectivity index (χ2v) is 8.98. The maximum atomic E-state index is 12.5. The zero-order valence-corrected chi connectivity index (χ0v) is 19.2. The Kier molecular flexibility index (Phi) is 7.09. The summed E-state index contributed by atoms with van der Waals surface area (Å²) in [6.07, 6.45) is 0.722. The highest BCUT2D eigenvalue weighted by Gasteiger charge is 2.29. The van der Waals surface area contributed by atoms with Crippen molar-refractivity contribution in [2.75, 3.05) is 25.6 Å². The summed E-state index contributed by atoms with van der Waals surface area (Å²) in [6.45, 7) is 2.21. The number of amides is 1. The minimum absolute atomic E-state index is 0.176. The molecule has 8 heteroatoms. The largest absolute Gasteiger partial charge is 0.484 e. The molecule has 0 atom stereocenters. The monoisotopic (exact) mass is 470 g/mol. The second-order valence-electron chi connectivity index (χ2n) is 7.44. The minimum atomic E-state index is -0.437. The number of carbonyl (C=O) groups excluding carboxylic acids is 2. The lowest BCUT2D eigenvalue weighted by atomic mass is 10.0. The molecule has 3 aromatic rings. The molecule has 0 fully saturated rings. The van der Waals surface area contributed by atoms with Crippen molar-refractivity contribution in [2.45, 2.75) is 19.5 Å². The second kappa shape index (κ2) is 10.2. The summed E-state index contributed by atoms with van der Waals surface area (Å²) < 4.78 is 10.5. The summed E-state index contributed by atoms with van der Waals surface area (Å²) in [6, 6.07) is 17.1. The van der Waals surface area contributed by atoms with E-state index < -0.39 is 5.97 Å². The lowest BCUT2D eigenvalue weighted by molar-refractivity contribution is -0.118. The fourth-order valence-corrected chi connectivity index (χ4v) is 5.10. The molecule has 0 saturated heterocycles. The summed E-state index contributed by atoms with van der Waals surface area (Å²) in [5.41, 5.74) is 2.65. The van der Waals surface area contributed by atoms with E-state index in [1.165, 1.54) is 24.0 Å². The van der Waals surface area contributed by atoms with Gasteiger partial charge in [-0.15, -0.1) is 11.3 Å². The number of benzene rings is 2. The van der Waals surface area contributed by atoms with Gasteiger partial charge in [-0.2, -0.15) is 0 Å². The third kappa shape index (κ3) is 5.30. The van der Waals surface area contributed by atoms with E-state index in [4.69, 9.17) is 21.1 Å². The number of thiophene rings is 1. The van der Waals surface area contributed by atoms with Crippen LogP contribution in [-0.4, -0.2) is 37.0 Å². The Hall–Kier alpha value is -2.87. The first kappa shape index (κ1) is 22.3.